The fraction of sp³-hybridized carbons (Fsp3) is 0.130. The van der Waals surface area contributed by atoms with Gasteiger partial charge in [0.2, 0.25) is 0 Å². The Hall–Kier alpha value is -3.18. The van der Waals surface area contributed by atoms with Crippen molar-refractivity contribution in [3.8, 4) is 16.3 Å². The second kappa shape index (κ2) is 6.77. The van der Waals surface area contributed by atoms with Crippen molar-refractivity contribution in [3.05, 3.63) is 94.8 Å². The van der Waals surface area contributed by atoms with Crippen LogP contribution in [0.25, 0.3) is 16.6 Å². The van der Waals surface area contributed by atoms with Crippen LogP contribution in [0.4, 0.5) is 0 Å². The Morgan fingerprint density at radius 1 is 1.04 bits per heavy atom. The molecule has 0 aliphatic heterocycles. The minimum Gasteiger partial charge on any atom is -0.497 e. The van der Waals surface area contributed by atoms with Gasteiger partial charge in [0.15, 0.2) is 0 Å². The van der Waals surface area contributed by atoms with E-state index in [1.807, 2.05) is 23.8 Å². The quantitative estimate of drug-likeness (QED) is 0.532. The molecule has 2 aromatic heterocycles. The average Bonchev–Trinajstić information content (AvgIpc) is 3.43. The zero-order valence-corrected chi connectivity index (χ0v) is 16.2. The Labute approximate surface area is 167 Å². The van der Waals surface area contributed by atoms with Crippen LogP contribution in [0.5, 0.6) is 5.75 Å². The number of thiazole rings is 1. The van der Waals surface area contributed by atoms with Crippen LogP contribution in [0.3, 0.4) is 0 Å². The second-order valence-corrected chi connectivity index (χ2v) is 7.79. The first-order valence-electron chi connectivity index (χ1n) is 9.15. The van der Waals surface area contributed by atoms with Gasteiger partial charge in [-0.15, -0.1) is 11.3 Å². The third kappa shape index (κ3) is 2.67. The largest absolute Gasteiger partial charge is 0.497 e. The van der Waals surface area contributed by atoms with Gasteiger partial charge in [-0.1, -0.05) is 54.6 Å². The summed E-state index contributed by atoms with van der Waals surface area (Å²) in [6.45, 7) is 0. The number of nitrogens with zero attached hydrogens (tertiary/aromatic N) is 2. The summed E-state index contributed by atoms with van der Waals surface area (Å²) in [5.41, 5.74) is 7.36. The molecule has 0 amide bonds. The number of aromatic amines is 1. The molecule has 5 heteroatoms. The Morgan fingerprint density at radius 3 is 2.54 bits per heavy atom. The van der Waals surface area contributed by atoms with Crippen molar-refractivity contribution in [1.82, 2.24) is 15.2 Å². The molecule has 138 valence electrons. The number of benzene rings is 2. The van der Waals surface area contributed by atoms with Crippen molar-refractivity contribution in [2.75, 3.05) is 7.11 Å². The SMILES string of the molecule is COc1ccc(C2(c3ccccc3)C=Cc3c(-c4cncs4)n[nH]c3C2)cc1. The number of allylic oxidation sites excluding steroid dienone is 1. The number of nitrogens with one attached hydrogen (secondary N) is 1. The highest BCUT2D eigenvalue weighted by molar-refractivity contribution is 7.13. The van der Waals surface area contributed by atoms with Gasteiger partial charge in [0.25, 0.3) is 0 Å². The molecule has 5 rings (SSSR count). The van der Waals surface area contributed by atoms with Gasteiger partial charge in [-0.05, 0) is 23.3 Å². The first-order valence-corrected chi connectivity index (χ1v) is 10.0. The van der Waals surface area contributed by atoms with Crippen LogP contribution < -0.4 is 4.74 Å². The van der Waals surface area contributed by atoms with E-state index in [2.05, 4.69) is 69.8 Å². The maximum atomic E-state index is 5.36. The Bertz CT molecular complexity index is 1110. The summed E-state index contributed by atoms with van der Waals surface area (Å²) in [6.07, 6.45) is 7.21. The molecule has 2 aromatic carbocycles. The minimum absolute atomic E-state index is 0.252. The summed E-state index contributed by atoms with van der Waals surface area (Å²) in [5.74, 6) is 0.862. The van der Waals surface area contributed by atoms with Crippen LogP contribution in [0.1, 0.15) is 22.4 Å². The summed E-state index contributed by atoms with van der Waals surface area (Å²) in [6, 6.07) is 19.0. The van der Waals surface area contributed by atoms with Crippen molar-refractivity contribution >= 4 is 17.4 Å². The van der Waals surface area contributed by atoms with E-state index in [1.165, 1.54) is 11.1 Å². The number of aromatic nitrogens is 3. The number of rotatable bonds is 4. The Kier molecular flexibility index (Phi) is 4.10. The highest BCUT2D eigenvalue weighted by Gasteiger charge is 2.36. The molecule has 0 spiro atoms. The van der Waals surface area contributed by atoms with Gasteiger partial charge < -0.3 is 4.74 Å². The van der Waals surface area contributed by atoms with Crippen LogP contribution in [0.15, 0.2) is 72.4 Å². The maximum absolute atomic E-state index is 5.36. The van der Waals surface area contributed by atoms with Crippen molar-refractivity contribution in [3.63, 3.8) is 0 Å². The van der Waals surface area contributed by atoms with Gasteiger partial charge in [-0.25, -0.2) is 0 Å². The van der Waals surface area contributed by atoms with E-state index >= 15 is 0 Å². The molecule has 0 saturated heterocycles. The van der Waals surface area contributed by atoms with E-state index < -0.39 is 0 Å². The molecule has 4 nitrogen and oxygen atoms in total. The third-order valence-corrected chi connectivity index (χ3v) is 6.21. The third-order valence-electron chi connectivity index (χ3n) is 5.43. The lowest BCUT2D eigenvalue weighted by molar-refractivity contribution is 0.414. The number of hydrogen-bond acceptors (Lipinski definition) is 4. The van der Waals surface area contributed by atoms with Crippen LogP contribution in [-0.4, -0.2) is 22.3 Å². The summed E-state index contributed by atoms with van der Waals surface area (Å²) in [7, 11) is 1.69. The molecule has 1 aliphatic carbocycles. The average molecular weight is 385 g/mol. The topological polar surface area (TPSA) is 50.8 Å². The van der Waals surface area contributed by atoms with Gasteiger partial charge in [0.05, 0.1) is 17.5 Å². The van der Waals surface area contributed by atoms with Crippen molar-refractivity contribution < 1.29 is 4.74 Å². The van der Waals surface area contributed by atoms with Gasteiger partial charge in [0.1, 0.15) is 11.4 Å². The zero-order chi connectivity index (χ0) is 19.0. The van der Waals surface area contributed by atoms with Crippen LogP contribution in [-0.2, 0) is 11.8 Å². The number of methoxy groups -OCH3 is 1. The number of fused-ring (bicyclic) bond motifs is 1. The van der Waals surface area contributed by atoms with Gasteiger partial charge >= 0.3 is 0 Å². The van der Waals surface area contributed by atoms with E-state index in [0.717, 1.165) is 34.0 Å². The molecule has 1 unspecified atom stereocenters. The van der Waals surface area contributed by atoms with E-state index in [-0.39, 0.29) is 5.41 Å². The number of hydrogen-bond donors (Lipinski definition) is 1. The van der Waals surface area contributed by atoms with Gasteiger partial charge in [-0.2, -0.15) is 5.10 Å². The molecular weight excluding hydrogens is 366 g/mol. The van der Waals surface area contributed by atoms with Gasteiger partial charge in [0, 0.05) is 29.3 Å². The van der Waals surface area contributed by atoms with Crippen LogP contribution >= 0.6 is 11.3 Å². The molecule has 0 fully saturated rings. The molecule has 1 atom stereocenters. The standard InChI is InChI=1S/C23H19N3OS/c1-27-18-9-7-17(8-10-18)23(16-5-3-2-4-6-16)12-11-19-20(13-23)25-26-22(19)21-14-24-15-28-21/h2-12,14-15H,13H2,1H3,(H,25,26). The predicted molar refractivity (Wildman–Crippen MR) is 113 cm³/mol. The fourth-order valence-corrected chi connectivity index (χ4v) is 4.60. The number of ether oxygens (including phenoxy) is 1. The maximum Gasteiger partial charge on any atom is 0.118 e. The first-order chi connectivity index (χ1) is 13.8. The minimum atomic E-state index is -0.252. The monoisotopic (exact) mass is 385 g/mol. The zero-order valence-electron chi connectivity index (χ0n) is 15.4. The van der Waals surface area contributed by atoms with Crippen molar-refractivity contribution in [2.45, 2.75) is 11.8 Å². The van der Waals surface area contributed by atoms with Crippen molar-refractivity contribution in [1.29, 1.82) is 0 Å². The molecular formula is C23H19N3OS. The summed E-state index contributed by atoms with van der Waals surface area (Å²) in [4.78, 5) is 5.28. The molecule has 0 saturated carbocycles. The summed E-state index contributed by atoms with van der Waals surface area (Å²) < 4.78 is 5.36. The molecule has 4 aromatic rings. The second-order valence-electron chi connectivity index (χ2n) is 6.91. The number of H-pyrrole nitrogens is 1. The lowest BCUT2D eigenvalue weighted by Gasteiger charge is -2.34. The Morgan fingerprint density at radius 2 is 1.82 bits per heavy atom. The van der Waals surface area contributed by atoms with E-state index in [1.54, 1.807) is 18.4 Å². The predicted octanol–water partition coefficient (Wildman–Crippen LogP) is 5.10. The molecule has 2 heterocycles. The van der Waals surface area contributed by atoms with Gasteiger partial charge in [-0.3, -0.25) is 10.1 Å². The highest BCUT2D eigenvalue weighted by atomic mass is 32.1. The molecule has 0 bridgehead atoms. The van der Waals surface area contributed by atoms with Crippen LogP contribution in [0, 0.1) is 0 Å². The fourth-order valence-electron chi connectivity index (χ4n) is 3.97. The molecule has 1 N–H and O–H groups in total. The Balaban J connectivity index is 1.65. The van der Waals surface area contributed by atoms with E-state index in [4.69, 9.17) is 4.74 Å². The lowest BCUT2D eigenvalue weighted by atomic mass is 9.68. The molecule has 0 radical (unpaired) electrons. The van der Waals surface area contributed by atoms with Crippen LogP contribution in [0.2, 0.25) is 0 Å². The normalized spacial score (nSPS) is 18.0. The molecule has 28 heavy (non-hydrogen) atoms. The van der Waals surface area contributed by atoms with E-state index in [9.17, 15) is 0 Å². The first kappa shape index (κ1) is 17.0. The molecule has 1 aliphatic rings. The summed E-state index contributed by atoms with van der Waals surface area (Å²) >= 11 is 1.61. The highest BCUT2D eigenvalue weighted by Crippen LogP contribution is 2.43. The summed E-state index contributed by atoms with van der Waals surface area (Å²) in [5, 5.41) is 7.88. The lowest BCUT2D eigenvalue weighted by Crippen LogP contribution is -2.30. The smallest absolute Gasteiger partial charge is 0.118 e. The van der Waals surface area contributed by atoms with E-state index in [0.29, 0.717) is 0 Å². The van der Waals surface area contributed by atoms with Crippen molar-refractivity contribution in [2.24, 2.45) is 0 Å².